The van der Waals surface area contributed by atoms with Crippen molar-refractivity contribution in [3.63, 3.8) is 0 Å². The first-order valence-electron chi connectivity index (χ1n) is 6.83. The molecule has 0 fully saturated rings. The third kappa shape index (κ3) is 1.81. The number of hydrogen-bond donors (Lipinski definition) is 1. The van der Waals surface area contributed by atoms with Crippen molar-refractivity contribution in [2.45, 2.75) is 12.5 Å². The summed E-state index contributed by atoms with van der Waals surface area (Å²) in [6.45, 7) is 0. The Bertz CT molecular complexity index is 929. The maximum absolute atomic E-state index is 12.7. The Hall–Kier alpha value is -3.02. The Balaban J connectivity index is 1.77. The lowest BCUT2D eigenvalue weighted by atomic mass is 10.1. The number of aromatic nitrogens is 1. The molecular formula is C16H12N2O4. The van der Waals surface area contributed by atoms with E-state index in [1.807, 2.05) is 18.2 Å². The number of anilines is 1. The molecule has 0 saturated heterocycles. The fraction of sp³-hybridized carbons (Fsp3) is 0.125. The molecule has 6 heteroatoms. The molecule has 0 bridgehead atoms. The van der Waals surface area contributed by atoms with Crippen molar-refractivity contribution in [2.75, 3.05) is 5.73 Å². The summed E-state index contributed by atoms with van der Waals surface area (Å²) >= 11 is 0. The molecule has 6 nitrogen and oxygen atoms in total. The molecule has 22 heavy (non-hydrogen) atoms. The van der Waals surface area contributed by atoms with Gasteiger partial charge in [0.25, 0.3) is 5.91 Å². The van der Waals surface area contributed by atoms with E-state index >= 15 is 0 Å². The molecule has 110 valence electrons. The van der Waals surface area contributed by atoms with Crippen molar-refractivity contribution in [1.29, 1.82) is 0 Å². The topological polar surface area (TPSA) is 87.5 Å². The molecule has 0 saturated carbocycles. The lowest BCUT2D eigenvalue weighted by Gasteiger charge is -2.09. The Kier molecular flexibility index (Phi) is 2.59. The second kappa shape index (κ2) is 4.49. The van der Waals surface area contributed by atoms with Crippen LogP contribution in [0.4, 0.5) is 5.69 Å². The van der Waals surface area contributed by atoms with Crippen LogP contribution in [0.15, 0.2) is 51.7 Å². The van der Waals surface area contributed by atoms with Gasteiger partial charge >= 0.3 is 5.76 Å². The van der Waals surface area contributed by atoms with Crippen LogP contribution in [-0.4, -0.2) is 16.6 Å². The lowest BCUT2D eigenvalue weighted by molar-refractivity contribution is 0.0730. The number of para-hydroxylation sites is 1. The van der Waals surface area contributed by atoms with Crippen molar-refractivity contribution in [1.82, 2.24) is 4.57 Å². The average molecular weight is 296 g/mol. The molecule has 0 spiro atoms. The lowest BCUT2D eigenvalue weighted by Crippen LogP contribution is -2.35. The maximum Gasteiger partial charge on any atom is 0.427 e. The Morgan fingerprint density at radius 2 is 2.05 bits per heavy atom. The van der Waals surface area contributed by atoms with Crippen LogP contribution in [0.25, 0.3) is 11.1 Å². The number of nitrogens with zero attached hydrogens (tertiary/aromatic N) is 1. The van der Waals surface area contributed by atoms with Crippen molar-refractivity contribution < 1.29 is 13.9 Å². The van der Waals surface area contributed by atoms with Gasteiger partial charge in [-0.2, -0.15) is 0 Å². The number of hydrogen-bond acceptors (Lipinski definition) is 5. The molecule has 2 N–H and O–H groups in total. The minimum absolute atomic E-state index is 0.322. The van der Waals surface area contributed by atoms with Gasteiger partial charge in [0.05, 0.1) is 0 Å². The highest BCUT2D eigenvalue weighted by atomic mass is 16.5. The molecule has 3 aromatic rings. The summed E-state index contributed by atoms with van der Waals surface area (Å²) in [5.74, 6) is -0.517. The standard InChI is InChI=1S/C16H12N2O4/c17-10-5-6-13-11(8-10)18(16(20)22-13)15(19)14-7-9-3-1-2-4-12(9)21-14/h1-6,8,14H,7,17H2. The van der Waals surface area contributed by atoms with Gasteiger partial charge in [0.1, 0.15) is 11.3 Å². The summed E-state index contributed by atoms with van der Waals surface area (Å²) in [4.78, 5) is 24.7. The van der Waals surface area contributed by atoms with E-state index in [0.29, 0.717) is 29.0 Å². The fourth-order valence-electron chi connectivity index (χ4n) is 2.71. The highest BCUT2D eigenvalue weighted by Gasteiger charge is 2.32. The molecule has 1 aliphatic rings. The molecule has 1 atom stereocenters. The van der Waals surface area contributed by atoms with Gasteiger partial charge in [0.2, 0.25) is 0 Å². The molecule has 0 amide bonds. The van der Waals surface area contributed by atoms with Gasteiger partial charge in [-0.1, -0.05) is 18.2 Å². The first-order valence-corrected chi connectivity index (χ1v) is 6.83. The van der Waals surface area contributed by atoms with Gasteiger partial charge in [-0.25, -0.2) is 9.36 Å². The predicted octanol–water partition coefficient (Wildman–Crippen LogP) is 1.82. The van der Waals surface area contributed by atoms with Gasteiger partial charge in [0.15, 0.2) is 11.7 Å². The van der Waals surface area contributed by atoms with Crippen molar-refractivity contribution in [3.05, 3.63) is 58.6 Å². The van der Waals surface area contributed by atoms with Crippen LogP contribution in [0, 0.1) is 0 Å². The number of carbonyl (C=O) groups excluding carboxylic acids is 1. The summed E-state index contributed by atoms with van der Waals surface area (Å²) < 4.78 is 11.7. The minimum atomic E-state index is -0.739. The van der Waals surface area contributed by atoms with Crippen molar-refractivity contribution in [2.24, 2.45) is 0 Å². The largest absolute Gasteiger partial charge is 0.480 e. The zero-order valence-electron chi connectivity index (χ0n) is 11.5. The summed E-state index contributed by atoms with van der Waals surface area (Å²) in [7, 11) is 0. The first-order chi connectivity index (χ1) is 10.6. The molecule has 0 aliphatic carbocycles. The molecule has 1 aliphatic heterocycles. The van der Waals surface area contributed by atoms with E-state index in [4.69, 9.17) is 14.9 Å². The monoisotopic (exact) mass is 296 g/mol. The van der Waals surface area contributed by atoms with Gasteiger partial charge in [-0.15, -0.1) is 0 Å². The summed E-state index contributed by atoms with van der Waals surface area (Å²) in [5, 5.41) is 0. The SMILES string of the molecule is Nc1ccc2oc(=O)n(C(=O)C3Cc4ccccc4O3)c2c1. The Morgan fingerprint density at radius 3 is 2.86 bits per heavy atom. The molecule has 1 unspecified atom stereocenters. The van der Waals surface area contributed by atoms with Crippen LogP contribution in [0.5, 0.6) is 5.75 Å². The zero-order valence-corrected chi connectivity index (χ0v) is 11.5. The maximum atomic E-state index is 12.7. The normalized spacial score (nSPS) is 16.5. The summed E-state index contributed by atoms with van der Waals surface area (Å²) in [5.41, 5.74) is 7.80. The number of rotatable bonds is 1. The van der Waals surface area contributed by atoms with Crippen LogP contribution in [-0.2, 0) is 6.42 Å². The third-order valence-corrected chi connectivity index (χ3v) is 3.75. The quantitative estimate of drug-likeness (QED) is 0.692. The van der Waals surface area contributed by atoms with Crippen molar-refractivity contribution in [3.8, 4) is 5.75 Å². The fourth-order valence-corrected chi connectivity index (χ4v) is 2.71. The number of fused-ring (bicyclic) bond motifs is 2. The van der Waals surface area contributed by atoms with Crippen LogP contribution >= 0.6 is 0 Å². The van der Waals surface area contributed by atoms with Gasteiger partial charge < -0.3 is 14.9 Å². The van der Waals surface area contributed by atoms with E-state index in [2.05, 4.69) is 0 Å². The average Bonchev–Trinajstić information content (AvgIpc) is 3.06. The smallest absolute Gasteiger partial charge is 0.427 e. The Morgan fingerprint density at radius 1 is 1.23 bits per heavy atom. The number of benzene rings is 2. The van der Waals surface area contributed by atoms with E-state index < -0.39 is 17.8 Å². The highest BCUT2D eigenvalue weighted by Crippen LogP contribution is 2.29. The molecular weight excluding hydrogens is 284 g/mol. The highest BCUT2D eigenvalue weighted by molar-refractivity contribution is 5.93. The summed E-state index contributed by atoms with van der Waals surface area (Å²) in [6.07, 6.45) is -0.312. The van der Waals surface area contributed by atoms with E-state index in [1.165, 1.54) is 0 Å². The number of carbonyl (C=O) groups is 1. The van der Waals surface area contributed by atoms with Crippen LogP contribution in [0.2, 0.25) is 0 Å². The van der Waals surface area contributed by atoms with E-state index in [-0.39, 0.29) is 0 Å². The van der Waals surface area contributed by atoms with Gasteiger partial charge in [-0.3, -0.25) is 4.79 Å². The number of nitrogens with two attached hydrogens (primary N) is 1. The molecule has 2 heterocycles. The molecule has 1 aromatic heterocycles. The molecule has 4 rings (SSSR count). The van der Waals surface area contributed by atoms with Crippen LogP contribution in [0.1, 0.15) is 10.4 Å². The van der Waals surface area contributed by atoms with Crippen LogP contribution < -0.4 is 16.2 Å². The first kappa shape index (κ1) is 12.7. The van der Waals surface area contributed by atoms with E-state index in [9.17, 15) is 9.59 Å². The Labute approximate surface area is 124 Å². The minimum Gasteiger partial charge on any atom is -0.480 e. The van der Waals surface area contributed by atoms with Crippen molar-refractivity contribution >= 4 is 22.7 Å². The molecule has 2 aromatic carbocycles. The van der Waals surface area contributed by atoms with E-state index in [1.54, 1.807) is 24.3 Å². The van der Waals surface area contributed by atoms with Crippen LogP contribution in [0.3, 0.4) is 0 Å². The van der Waals surface area contributed by atoms with E-state index in [0.717, 1.165) is 10.1 Å². The zero-order chi connectivity index (χ0) is 15.3. The summed E-state index contributed by atoms with van der Waals surface area (Å²) in [6, 6.07) is 12.1. The predicted molar refractivity (Wildman–Crippen MR) is 80.1 cm³/mol. The number of oxazole rings is 1. The number of nitrogen functional groups attached to an aromatic ring is 1. The molecule has 0 radical (unpaired) electrons. The number of ether oxygens (including phenoxy) is 1. The van der Waals surface area contributed by atoms with Gasteiger partial charge in [0, 0.05) is 12.1 Å². The third-order valence-electron chi connectivity index (χ3n) is 3.75. The second-order valence-corrected chi connectivity index (χ2v) is 5.19. The second-order valence-electron chi connectivity index (χ2n) is 5.19. The van der Waals surface area contributed by atoms with Gasteiger partial charge in [-0.05, 0) is 29.8 Å².